The van der Waals surface area contributed by atoms with Gasteiger partial charge in [-0.25, -0.2) is 15.0 Å². The summed E-state index contributed by atoms with van der Waals surface area (Å²) in [6.07, 6.45) is 13.4. The highest BCUT2D eigenvalue weighted by Crippen LogP contribution is 2.55. The molecular weight excluding hydrogens is 492 g/mol. The zero-order valence-corrected chi connectivity index (χ0v) is 22.3. The van der Waals surface area contributed by atoms with Crippen LogP contribution in [0.15, 0.2) is 53.4 Å². The fourth-order valence-electron chi connectivity index (χ4n) is 6.48. The number of nitrogens with zero attached hydrogens (tertiary/aromatic N) is 4. The van der Waals surface area contributed by atoms with E-state index in [-0.39, 0.29) is 23.7 Å². The molecule has 0 bridgehead atoms. The Balaban J connectivity index is 1.17. The van der Waals surface area contributed by atoms with Crippen LogP contribution in [-0.2, 0) is 21.3 Å². The first-order chi connectivity index (χ1) is 17.4. The number of aromatic nitrogens is 3. The van der Waals surface area contributed by atoms with Crippen LogP contribution in [0.25, 0.3) is 11.0 Å². The lowest BCUT2D eigenvalue weighted by Gasteiger charge is -2.39. The van der Waals surface area contributed by atoms with Crippen molar-refractivity contribution in [3.63, 3.8) is 0 Å². The molecule has 36 heavy (non-hydrogen) atoms. The van der Waals surface area contributed by atoms with Crippen molar-refractivity contribution >= 4 is 45.1 Å². The van der Waals surface area contributed by atoms with Gasteiger partial charge in [0.05, 0.1) is 22.2 Å². The van der Waals surface area contributed by atoms with E-state index in [0.29, 0.717) is 5.15 Å². The Morgan fingerprint density at radius 2 is 2.00 bits per heavy atom. The summed E-state index contributed by atoms with van der Waals surface area (Å²) in [4.78, 5) is 13.7. The minimum absolute atomic E-state index is 0.0116. The highest BCUT2D eigenvalue weighted by atomic mass is 35.5. The third-order valence-corrected chi connectivity index (χ3v) is 9.48. The Bertz CT molecular complexity index is 1440. The molecule has 0 radical (unpaired) electrons. The highest BCUT2D eigenvalue weighted by molar-refractivity contribution is 8.13. The molecule has 2 aliphatic carbocycles. The van der Waals surface area contributed by atoms with Gasteiger partial charge in [-0.2, -0.15) is 0 Å². The van der Waals surface area contributed by atoms with E-state index in [0.717, 1.165) is 23.9 Å². The minimum Gasteiger partial charge on any atom is -0.342 e. The molecule has 6 nitrogen and oxygen atoms in total. The van der Waals surface area contributed by atoms with Crippen LogP contribution in [0.5, 0.6) is 0 Å². The van der Waals surface area contributed by atoms with Gasteiger partial charge in [0.25, 0.3) is 0 Å². The second kappa shape index (κ2) is 8.15. The Morgan fingerprint density at radius 1 is 1.14 bits per heavy atom. The van der Waals surface area contributed by atoms with Gasteiger partial charge < -0.3 is 14.0 Å². The maximum Gasteiger partial charge on any atom is 0.164 e. The number of aliphatic imine (C=N–C) groups is 1. The zero-order chi connectivity index (χ0) is 24.7. The maximum absolute atomic E-state index is 6.41. The number of fused-ring (bicyclic) bond motifs is 4. The normalized spacial score (nSPS) is 27.2. The van der Waals surface area contributed by atoms with Crippen LogP contribution < -0.4 is 0 Å². The highest BCUT2D eigenvalue weighted by Gasteiger charge is 2.51. The Labute approximate surface area is 220 Å². The van der Waals surface area contributed by atoms with Crippen molar-refractivity contribution in [2.75, 3.05) is 6.26 Å². The van der Waals surface area contributed by atoms with E-state index in [1.165, 1.54) is 53.0 Å². The van der Waals surface area contributed by atoms with Crippen LogP contribution in [-0.4, -0.2) is 43.8 Å². The number of aryl methyl sites for hydroxylation is 1. The summed E-state index contributed by atoms with van der Waals surface area (Å²) in [7, 11) is 0. The van der Waals surface area contributed by atoms with E-state index in [1.54, 1.807) is 0 Å². The molecule has 7 rings (SSSR count). The summed E-state index contributed by atoms with van der Waals surface area (Å²) in [6.45, 7) is 3.98. The average Bonchev–Trinajstić information content (AvgIpc) is 3.55. The van der Waals surface area contributed by atoms with Crippen LogP contribution in [0, 0.1) is 0 Å². The molecule has 4 aliphatic rings. The Kier molecular flexibility index (Phi) is 5.20. The Hall–Kier alpha value is -2.19. The molecule has 1 aromatic carbocycles. The van der Waals surface area contributed by atoms with Gasteiger partial charge in [-0.1, -0.05) is 36.2 Å². The molecule has 2 aromatic heterocycles. The molecule has 0 amide bonds. The van der Waals surface area contributed by atoms with E-state index in [1.807, 2.05) is 37.9 Å². The number of thioether (sulfide) groups is 1. The number of rotatable bonds is 4. The van der Waals surface area contributed by atoms with Crippen molar-refractivity contribution in [1.82, 2.24) is 14.5 Å². The molecule has 186 valence electrons. The van der Waals surface area contributed by atoms with Gasteiger partial charge in [0, 0.05) is 11.6 Å². The van der Waals surface area contributed by atoms with Crippen molar-refractivity contribution in [2.45, 2.75) is 75.4 Å². The van der Waals surface area contributed by atoms with Crippen molar-refractivity contribution in [2.24, 2.45) is 4.99 Å². The molecule has 0 unspecified atom stereocenters. The quantitative estimate of drug-likeness (QED) is 0.288. The molecular formula is C28H29ClN4O2S. The SMILES string of the molecule is CSC1=Nc2cc(CCC3=C[C@@H](n4ccc5c(Cl)ncnc54)[C@@H]4OC(C)(C)O[C@H]34)ccc2C12CCC2. The lowest BCUT2D eigenvalue weighted by molar-refractivity contribution is -0.147. The smallest absolute Gasteiger partial charge is 0.164 e. The molecule has 2 aliphatic heterocycles. The molecule has 4 heterocycles. The first-order valence-electron chi connectivity index (χ1n) is 12.7. The molecule has 1 saturated carbocycles. The van der Waals surface area contributed by atoms with Gasteiger partial charge in [0.15, 0.2) is 5.79 Å². The minimum atomic E-state index is -0.629. The van der Waals surface area contributed by atoms with E-state index >= 15 is 0 Å². The average molecular weight is 521 g/mol. The lowest BCUT2D eigenvalue weighted by Crippen LogP contribution is -2.38. The van der Waals surface area contributed by atoms with Crippen LogP contribution in [0.4, 0.5) is 5.69 Å². The fraction of sp³-hybridized carbons (Fsp3) is 0.464. The molecule has 2 fully saturated rings. The standard InChI is InChI=1S/C28H29ClN4O2S/c1-27(2)34-22-17(14-21(23(22)35-27)33-12-9-18-24(29)30-15-31-25(18)33)7-5-16-6-8-19-20(13-16)32-26(36-3)28(19)10-4-11-28/h6,8-9,12-15,21-23H,4-5,7,10-11H2,1-3H3/t21-,22-,23+/m1/s1. The van der Waals surface area contributed by atoms with Gasteiger partial charge >= 0.3 is 0 Å². The number of hydrogen-bond acceptors (Lipinski definition) is 6. The topological polar surface area (TPSA) is 61.5 Å². The van der Waals surface area contributed by atoms with E-state index in [9.17, 15) is 0 Å². The van der Waals surface area contributed by atoms with Gasteiger partial charge in [-0.3, -0.25) is 0 Å². The molecule has 1 saturated heterocycles. The molecule has 1 spiro atoms. The molecule has 0 N–H and O–H groups in total. The van der Waals surface area contributed by atoms with Crippen molar-refractivity contribution in [3.8, 4) is 0 Å². The number of hydrogen-bond donors (Lipinski definition) is 0. The van der Waals surface area contributed by atoms with Gasteiger partial charge in [-0.05, 0) is 74.6 Å². The predicted octanol–water partition coefficient (Wildman–Crippen LogP) is 6.55. The summed E-state index contributed by atoms with van der Waals surface area (Å²) >= 11 is 8.14. The molecule has 3 atom stereocenters. The summed E-state index contributed by atoms with van der Waals surface area (Å²) < 4.78 is 15.0. The van der Waals surface area contributed by atoms with Gasteiger partial charge in [0.2, 0.25) is 0 Å². The Morgan fingerprint density at radius 3 is 2.78 bits per heavy atom. The van der Waals surface area contributed by atoms with Crippen LogP contribution >= 0.6 is 23.4 Å². The molecule has 8 heteroatoms. The van der Waals surface area contributed by atoms with Crippen molar-refractivity contribution in [1.29, 1.82) is 0 Å². The van der Waals surface area contributed by atoms with Crippen LogP contribution in [0.1, 0.15) is 56.7 Å². The lowest BCUT2D eigenvalue weighted by atomic mass is 9.66. The number of benzene rings is 1. The number of halogens is 1. The van der Waals surface area contributed by atoms with E-state index in [2.05, 4.69) is 45.1 Å². The third kappa shape index (κ3) is 3.36. The monoisotopic (exact) mass is 520 g/mol. The zero-order valence-electron chi connectivity index (χ0n) is 20.7. The first-order valence-corrected chi connectivity index (χ1v) is 14.3. The largest absolute Gasteiger partial charge is 0.342 e. The van der Waals surface area contributed by atoms with Gasteiger partial charge in [-0.15, -0.1) is 11.8 Å². The van der Waals surface area contributed by atoms with Crippen LogP contribution in [0.2, 0.25) is 5.15 Å². The second-order valence-corrected chi connectivity index (χ2v) is 11.9. The maximum atomic E-state index is 6.41. The summed E-state index contributed by atoms with van der Waals surface area (Å²) in [5.74, 6) is -0.629. The molecule has 3 aromatic rings. The van der Waals surface area contributed by atoms with Gasteiger partial charge in [0.1, 0.15) is 29.3 Å². The van der Waals surface area contributed by atoms with E-state index < -0.39 is 5.79 Å². The third-order valence-electron chi connectivity index (χ3n) is 8.31. The van der Waals surface area contributed by atoms with Crippen LogP contribution in [0.3, 0.4) is 0 Å². The fourth-order valence-corrected chi connectivity index (χ4v) is 7.57. The first kappa shape index (κ1) is 23.0. The van der Waals surface area contributed by atoms with Crippen molar-refractivity contribution < 1.29 is 9.47 Å². The summed E-state index contributed by atoms with van der Waals surface area (Å²) in [5, 5.41) is 2.61. The number of ether oxygens (including phenoxy) is 2. The second-order valence-electron chi connectivity index (χ2n) is 10.8. The van der Waals surface area contributed by atoms with E-state index in [4.69, 9.17) is 26.1 Å². The summed E-state index contributed by atoms with van der Waals surface area (Å²) in [6, 6.07) is 8.90. The predicted molar refractivity (Wildman–Crippen MR) is 144 cm³/mol. The summed E-state index contributed by atoms with van der Waals surface area (Å²) in [5.41, 5.74) is 6.21. The van der Waals surface area contributed by atoms with Crippen molar-refractivity contribution in [3.05, 3.63) is 64.7 Å².